The molecule has 0 saturated carbocycles. The summed E-state index contributed by atoms with van der Waals surface area (Å²) < 4.78 is 24.0. The minimum atomic E-state index is -3.47. The van der Waals surface area contributed by atoms with E-state index in [0.717, 1.165) is 0 Å². The van der Waals surface area contributed by atoms with Crippen LogP contribution >= 0.6 is 0 Å². The van der Waals surface area contributed by atoms with Gasteiger partial charge >= 0.3 is 0 Å². The van der Waals surface area contributed by atoms with E-state index in [9.17, 15) is 18.0 Å². The van der Waals surface area contributed by atoms with Gasteiger partial charge in [0.2, 0.25) is 0 Å². The number of amides is 1. The van der Waals surface area contributed by atoms with Crippen molar-refractivity contribution in [2.75, 3.05) is 11.1 Å². The Morgan fingerprint density at radius 1 is 1.24 bits per heavy atom. The lowest BCUT2D eigenvalue weighted by molar-refractivity contribution is 0.102. The fourth-order valence-corrected chi connectivity index (χ4v) is 2.83. The molecule has 110 valence electrons. The maximum atomic E-state index is 12.1. The van der Waals surface area contributed by atoms with Crippen LogP contribution in [0, 0.1) is 0 Å². The molecule has 6 nitrogen and oxygen atoms in total. The summed E-state index contributed by atoms with van der Waals surface area (Å²) in [6, 6.07) is 7.32. The molecule has 2 rings (SSSR count). The van der Waals surface area contributed by atoms with E-state index in [0.29, 0.717) is 0 Å². The van der Waals surface area contributed by atoms with Crippen molar-refractivity contribution in [3.8, 4) is 0 Å². The third kappa shape index (κ3) is 3.19. The first-order valence-electron chi connectivity index (χ1n) is 6.26. The number of carbonyl (C=O) groups excluding carboxylic acids is 1. The predicted molar refractivity (Wildman–Crippen MR) is 79.2 cm³/mol. The average molecular weight is 306 g/mol. The zero-order chi connectivity index (χ0) is 15.5. The van der Waals surface area contributed by atoms with Gasteiger partial charge in [-0.2, -0.15) is 0 Å². The van der Waals surface area contributed by atoms with Crippen molar-refractivity contribution in [2.45, 2.75) is 11.8 Å². The van der Waals surface area contributed by atoms with Gasteiger partial charge in [-0.05, 0) is 12.1 Å². The smallest absolute Gasteiger partial charge is 0.261 e. The molecule has 0 fully saturated rings. The largest absolute Gasteiger partial charge is 0.367 e. The monoisotopic (exact) mass is 306 g/mol. The first-order chi connectivity index (χ1) is 9.95. The second-order valence-electron chi connectivity index (χ2n) is 4.28. The van der Waals surface area contributed by atoms with E-state index in [4.69, 9.17) is 0 Å². The molecule has 2 aromatic rings. The summed E-state index contributed by atoms with van der Waals surface area (Å²) in [4.78, 5) is 26.3. The van der Waals surface area contributed by atoms with Gasteiger partial charge in [0.05, 0.1) is 16.3 Å². The topological polar surface area (TPSA) is 96.1 Å². The first kappa shape index (κ1) is 15.0. The Bertz CT molecular complexity index is 825. The van der Waals surface area contributed by atoms with Gasteiger partial charge in [-0.15, -0.1) is 0 Å². The van der Waals surface area contributed by atoms with E-state index in [1.165, 1.54) is 37.5 Å². The summed E-state index contributed by atoms with van der Waals surface area (Å²) >= 11 is 0. The Hall–Kier alpha value is -2.41. The normalized spacial score (nSPS) is 11.1. The lowest BCUT2D eigenvalue weighted by Crippen LogP contribution is -2.22. The third-order valence-corrected chi connectivity index (χ3v) is 4.71. The van der Waals surface area contributed by atoms with E-state index < -0.39 is 21.2 Å². The van der Waals surface area contributed by atoms with Crippen LogP contribution in [-0.4, -0.2) is 25.1 Å². The molecule has 0 spiro atoms. The number of aromatic nitrogens is 1. The standard InChI is InChI=1S/C14H14N2O4S/c1-2-21(19,20)13-6-4-3-5-11(13)16-14(18)10-9-15-8-7-12(10)17/h3-9H,2H2,1H3,(H,15,17)(H,16,18). The number of rotatable bonds is 4. The molecular formula is C14H14N2O4S. The van der Waals surface area contributed by atoms with Gasteiger partial charge < -0.3 is 10.3 Å². The molecule has 1 amide bonds. The van der Waals surface area contributed by atoms with E-state index >= 15 is 0 Å². The van der Waals surface area contributed by atoms with Crippen molar-refractivity contribution in [2.24, 2.45) is 0 Å². The van der Waals surface area contributed by atoms with Crippen molar-refractivity contribution >= 4 is 21.4 Å². The molecule has 1 aromatic heterocycles. The molecule has 0 atom stereocenters. The van der Waals surface area contributed by atoms with Crippen LogP contribution in [0.2, 0.25) is 0 Å². The van der Waals surface area contributed by atoms with Crippen LogP contribution in [0.1, 0.15) is 17.3 Å². The van der Waals surface area contributed by atoms with Crippen LogP contribution in [-0.2, 0) is 9.84 Å². The van der Waals surface area contributed by atoms with E-state index in [-0.39, 0.29) is 21.9 Å². The van der Waals surface area contributed by atoms with E-state index in [1.807, 2.05) is 0 Å². The zero-order valence-electron chi connectivity index (χ0n) is 11.3. The Morgan fingerprint density at radius 3 is 2.62 bits per heavy atom. The number of pyridine rings is 1. The van der Waals surface area contributed by atoms with Crippen LogP contribution in [0.4, 0.5) is 5.69 Å². The van der Waals surface area contributed by atoms with Crippen molar-refractivity contribution in [1.82, 2.24) is 4.98 Å². The van der Waals surface area contributed by atoms with Gasteiger partial charge in [-0.25, -0.2) is 8.42 Å². The molecule has 0 unspecified atom stereocenters. The van der Waals surface area contributed by atoms with Gasteiger partial charge in [-0.1, -0.05) is 19.1 Å². The Balaban J connectivity index is 2.40. The predicted octanol–water partition coefficient (Wildman–Crippen LogP) is 1.42. The second-order valence-corrected chi connectivity index (χ2v) is 6.52. The zero-order valence-corrected chi connectivity index (χ0v) is 12.1. The lowest BCUT2D eigenvalue weighted by atomic mass is 10.2. The Morgan fingerprint density at radius 2 is 1.95 bits per heavy atom. The summed E-state index contributed by atoms with van der Waals surface area (Å²) in [6.45, 7) is 1.52. The maximum Gasteiger partial charge on any atom is 0.261 e. The maximum absolute atomic E-state index is 12.1. The molecule has 1 aromatic carbocycles. The number of carbonyl (C=O) groups is 1. The molecule has 0 aliphatic rings. The molecule has 0 bridgehead atoms. The van der Waals surface area contributed by atoms with Gasteiger partial charge in [0.25, 0.3) is 5.91 Å². The van der Waals surface area contributed by atoms with Crippen LogP contribution in [0.5, 0.6) is 0 Å². The first-order valence-corrected chi connectivity index (χ1v) is 7.91. The van der Waals surface area contributed by atoms with Crippen LogP contribution in [0.25, 0.3) is 0 Å². The van der Waals surface area contributed by atoms with E-state index in [2.05, 4.69) is 10.3 Å². The molecule has 0 aliphatic heterocycles. The molecule has 2 N–H and O–H groups in total. The van der Waals surface area contributed by atoms with Crippen molar-refractivity contribution in [3.63, 3.8) is 0 Å². The molecule has 0 saturated heterocycles. The highest BCUT2D eigenvalue weighted by atomic mass is 32.2. The highest BCUT2D eigenvalue weighted by molar-refractivity contribution is 7.91. The minimum absolute atomic E-state index is 0.0354. The molecule has 7 heteroatoms. The number of benzene rings is 1. The molecular weight excluding hydrogens is 292 g/mol. The quantitative estimate of drug-likeness (QED) is 0.893. The van der Waals surface area contributed by atoms with E-state index in [1.54, 1.807) is 12.1 Å². The van der Waals surface area contributed by atoms with Crippen molar-refractivity contribution in [1.29, 1.82) is 0 Å². The number of aromatic amines is 1. The van der Waals surface area contributed by atoms with Gasteiger partial charge in [-0.3, -0.25) is 9.59 Å². The van der Waals surface area contributed by atoms with Crippen molar-refractivity contribution < 1.29 is 13.2 Å². The summed E-state index contributed by atoms with van der Waals surface area (Å²) in [5, 5.41) is 2.47. The van der Waals surface area contributed by atoms with Crippen LogP contribution < -0.4 is 10.7 Å². The second kappa shape index (κ2) is 5.92. The highest BCUT2D eigenvalue weighted by Gasteiger charge is 2.18. The fourth-order valence-electron chi connectivity index (χ4n) is 1.78. The summed E-state index contributed by atoms with van der Waals surface area (Å²) in [6.07, 6.45) is 2.68. The molecule has 21 heavy (non-hydrogen) atoms. The third-order valence-electron chi connectivity index (χ3n) is 2.92. The highest BCUT2D eigenvalue weighted by Crippen LogP contribution is 2.22. The Kier molecular flexibility index (Phi) is 4.23. The molecule has 0 radical (unpaired) electrons. The number of H-pyrrole nitrogens is 1. The molecule has 1 heterocycles. The SMILES string of the molecule is CCS(=O)(=O)c1ccccc1NC(=O)c1c[nH]ccc1=O. The number of anilines is 1. The average Bonchev–Trinajstić information content (AvgIpc) is 2.48. The summed E-state index contributed by atoms with van der Waals surface area (Å²) in [7, 11) is -3.47. The van der Waals surface area contributed by atoms with Crippen molar-refractivity contribution in [3.05, 3.63) is 58.5 Å². The minimum Gasteiger partial charge on any atom is -0.367 e. The van der Waals surface area contributed by atoms with Gasteiger partial charge in [0.15, 0.2) is 15.3 Å². The summed E-state index contributed by atoms with van der Waals surface area (Å²) in [5.74, 6) is -0.734. The van der Waals surface area contributed by atoms with Gasteiger partial charge in [0.1, 0.15) is 5.56 Å². The fraction of sp³-hybridized carbons (Fsp3) is 0.143. The number of sulfone groups is 1. The van der Waals surface area contributed by atoms with Crippen LogP contribution in [0.15, 0.2) is 52.4 Å². The van der Waals surface area contributed by atoms with Gasteiger partial charge in [0, 0.05) is 18.5 Å². The Labute approximate surface area is 121 Å². The number of hydrogen-bond acceptors (Lipinski definition) is 4. The van der Waals surface area contributed by atoms with Crippen LogP contribution in [0.3, 0.4) is 0 Å². The lowest BCUT2D eigenvalue weighted by Gasteiger charge is -2.10. The number of nitrogens with one attached hydrogen (secondary N) is 2. The number of hydrogen-bond donors (Lipinski definition) is 2. The summed E-state index contributed by atoms with van der Waals surface area (Å²) in [5.41, 5.74) is -0.365. The number of para-hydroxylation sites is 1. The molecule has 0 aliphatic carbocycles.